The third-order valence-corrected chi connectivity index (χ3v) is 3.88. The van der Waals surface area contributed by atoms with Gasteiger partial charge in [0.1, 0.15) is 0 Å². The van der Waals surface area contributed by atoms with Crippen molar-refractivity contribution in [3.63, 3.8) is 0 Å². The molecule has 2 saturated heterocycles. The SMILES string of the molecule is CCC12CC(C(C)C)(CO1)C2. The van der Waals surface area contributed by atoms with Crippen LogP contribution in [0.2, 0.25) is 0 Å². The largest absolute Gasteiger partial charge is 0.374 e. The topological polar surface area (TPSA) is 9.23 Å². The molecule has 0 atom stereocenters. The first-order valence-electron chi connectivity index (χ1n) is 4.76. The zero-order valence-corrected chi connectivity index (χ0v) is 7.81. The first kappa shape index (κ1) is 7.60. The van der Waals surface area contributed by atoms with Gasteiger partial charge < -0.3 is 4.74 Å². The summed E-state index contributed by atoms with van der Waals surface area (Å²) in [7, 11) is 0. The van der Waals surface area contributed by atoms with Crippen LogP contribution in [0.5, 0.6) is 0 Å². The van der Waals surface area contributed by atoms with Gasteiger partial charge in [-0.15, -0.1) is 0 Å². The van der Waals surface area contributed by atoms with E-state index in [9.17, 15) is 0 Å². The van der Waals surface area contributed by atoms with Crippen molar-refractivity contribution in [3.8, 4) is 0 Å². The molecule has 0 aromatic carbocycles. The van der Waals surface area contributed by atoms with E-state index in [2.05, 4.69) is 20.8 Å². The predicted molar refractivity (Wildman–Crippen MR) is 45.5 cm³/mol. The highest BCUT2D eigenvalue weighted by atomic mass is 16.5. The molecule has 64 valence electrons. The Balaban J connectivity index is 2.08. The molecule has 2 bridgehead atoms. The number of fused-ring (bicyclic) bond motifs is 1. The first-order chi connectivity index (χ1) is 5.13. The molecule has 0 spiro atoms. The summed E-state index contributed by atoms with van der Waals surface area (Å²) in [5.41, 5.74) is 0.903. The Bertz CT molecular complexity index is 166. The van der Waals surface area contributed by atoms with Crippen molar-refractivity contribution in [2.45, 2.75) is 45.6 Å². The van der Waals surface area contributed by atoms with Gasteiger partial charge in [-0.1, -0.05) is 20.8 Å². The summed E-state index contributed by atoms with van der Waals surface area (Å²) >= 11 is 0. The Morgan fingerprint density at radius 3 is 2.27 bits per heavy atom. The van der Waals surface area contributed by atoms with Gasteiger partial charge in [-0.2, -0.15) is 0 Å². The number of ether oxygens (including phenoxy) is 1. The van der Waals surface area contributed by atoms with Crippen LogP contribution in [-0.2, 0) is 4.74 Å². The average molecular weight is 154 g/mol. The molecule has 3 aliphatic rings. The van der Waals surface area contributed by atoms with Crippen molar-refractivity contribution in [2.24, 2.45) is 11.3 Å². The second-order valence-corrected chi connectivity index (χ2v) is 4.70. The fourth-order valence-corrected chi connectivity index (χ4v) is 2.66. The van der Waals surface area contributed by atoms with Crippen LogP contribution in [0.15, 0.2) is 0 Å². The Kier molecular flexibility index (Phi) is 1.39. The lowest BCUT2D eigenvalue weighted by atomic mass is 9.57. The molecule has 2 aliphatic heterocycles. The van der Waals surface area contributed by atoms with Gasteiger partial charge in [0.2, 0.25) is 0 Å². The summed E-state index contributed by atoms with van der Waals surface area (Å²) in [6, 6.07) is 0. The van der Waals surface area contributed by atoms with Crippen LogP contribution in [0.4, 0.5) is 0 Å². The van der Waals surface area contributed by atoms with Crippen LogP contribution in [0.3, 0.4) is 0 Å². The van der Waals surface area contributed by atoms with E-state index in [1.165, 1.54) is 19.3 Å². The van der Waals surface area contributed by atoms with Gasteiger partial charge in [-0.25, -0.2) is 0 Å². The summed E-state index contributed by atoms with van der Waals surface area (Å²) in [5, 5.41) is 0. The van der Waals surface area contributed by atoms with Crippen molar-refractivity contribution in [1.29, 1.82) is 0 Å². The zero-order chi connectivity index (χ0) is 8.11. The van der Waals surface area contributed by atoms with Crippen LogP contribution in [0, 0.1) is 11.3 Å². The molecule has 0 aromatic rings. The van der Waals surface area contributed by atoms with E-state index < -0.39 is 0 Å². The molecular weight excluding hydrogens is 136 g/mol. The molecule has 3 fully saturated rings. The zero-order valence-electron chi connectivity index (χ0n) is 7.81. The smallest absolute Gasteiger partial charge is 0.0692 e. The molecule has 0 radical (unpaired) electrons. The highest BCUT2D eigenvalue weighted by molar-refractivity contribution is 5.11. The molecule has 2 heterocycles. The minimum Gasteiger partial charge on any atom is -0.374 e. The van der Waals surface area contributed by atoms with Crippen LogP contribution in [0.25, 0.3) is 0 Å². The molecular formula is C10H18O. The quantitative estimate of drug-likeness (QED) is 0.594. The maximum absolute atomic E-state index is 5.83. The van der Waals surface area contributed by atoms with Gasteiger partial charge in [0.25, 0.3) is 0 Å². The van der Waals surface area contributed by atoms with Crippen molar-refractivity contribution >= 4 is 0 Å². The lowest BCUT2D eigenvalue weighted by Crippen LogP contribution is -2.46. The number of hydrogen-bond donors (Lipinski definition) is 0. The molecule has 11 heavy (non-hydrogen) atoms. The first-order valence-corrected chi connectivity index (χ1v) is 4.76. The maximum atomic E-state index is 5.83. The van der Waals surface area contributed by atoms with Crippen LogP contribution < -0.4 is 0 Å². The standard InChI is InChI=1S/C10H18O/c1-4-10-5-9(6-10,7-11-10)8(2)3/h8H,4-7H2,1-3H3. The van der Waals surface area contributed by atoms with E-state index in [0.29, 0.717) is 11.0 Å². The third-order valence-electron chi connectivity index (χ3n) is 3.88. The van der Waals surface area contributed by atoms with Gasteiger partial charge in [0.15, 0.2) is 0 Å². The molecule has 1 heteroatoms. The maximum Gasteiger partial charge on any atom is 0.0692 e. The second kappa shape index (κ2) is 2.01. The van der Waals surface area contributed by atoms with E-state index in [1.807, 2.05) is 0 Å². The number of hydrogen-bond acceptors (Lipinski definition) is 1. The molecule has 0 unspecified atom stereocenters. The molecule has 0 N–H and O–H groups in total. The van der Waals surface area contributed by atoms with Crippen molar-refractivity contribution in [2.75, 3.05) is 6.61 Å². The lowest BCUT2D eigenvalue weighted by Gasteiger charge is -2.46. The Morgan fingerprint density at radius 2 is 2.00 bits per heavy atom. The van der Waals surface area contributed by atoms with E-state index >= 15 is 0 Å². The normalized spacial score (nSPS) is 48.0. The summed E-state index contributed by atoms with van der Waals surface area (Å²) in [5.74, 6) is 0.810. The summed E-state index contributed by atoms with van der Waals surface area (Å²) in [6.07, 6.45) is 3.86. The monoisotopic (exact) mass is 154 g/mol. The van der Waals surface area contributed by atoms with Crippen molar-refractivity contribution in [3.05, 3.63) is 0 Å². The summed E-state index contributed by atoms with van der Waals surface area (Å²) in [4.78, 5) is 0. The third kappa shape index (κ3) is 0.807. The van der Waals surface area contributed by atoms with E-state index in [0.717, 1.165) is 12.5 Å². The summed E-state index contributed by atoms with van der Waals surface area (Å²) in [6.45, 7) is 7.93. The molecule has 0 aromatic heterocycles. The second-order valence-electron chi connectivity index (χ2n) is 4.70. The Morgan fingerprint density at radius 1 is 1.36 bits per heavy atom. The molecule has 1 saturated carbocycles. The van der Waals surface area contributed by atoms with E-state index in [-0.39, 0.29) is 0 Å². The number of rotatable bonds is 2. The molecule has 1 aliphatic carbocycles. The van der Waals surface area contributed by atoms with Gasteiger partial charge in [-0.05, 0) is 25.2 Å². The van der Waals surface area contributed by atoms with E-state index in [1.54, 1.807) is 0 Å². The fraction of sp³-hybridized carbons (Fsp3) is 1.00. The molecule has 0 amide bonds. The van der Waals surface area contributed by atoms with Gasteiger partial charge in [-0.3, -0.25) is 0 Å². The van der Waals surface area contributed by atoms with Crippen molar-refractivity contribution in [1.82, 2.24) is 0 Å². The minimum atomic E-state index is 0.324. The lowest BCUT2D eigenvalue weighted by molar-refractivity contribution is -0.0287. The Labute approximate surface area is 69.1 Å². The average Bonchev–Trinajstić information content (AvgIpc) is 2.39. The highest BCUT2D eigenvalue weighted by Crippen LogP contribution is 2.62. The van der Waals surface area contributed by atoms with Crippen LogP contribution in [0.1, 0.15) is 40.0 Å². The fourth-order valence-electron chi connectivity index (χ4n) is 2.66. The minimum absolute atomic E-state index is 0.324. The predicted octanol–water partition coefficient (Wildman–Crippen LogP) is 2.60. The molecule has 1 nitrogen and oxygen atoms in total. The van der Waals surface area contributed by atoms with Gasteiger partial charge in [0, 0.05) is 5.41 Å². The molecule has 3 rings (SSSR count). The highest BCUT2D eigenvalue weighted by Gasteiger charge is 2.62. The van der Waals surface area contributed by atoms with E-state index in [4.69, 9.17) is 4.74 Å². The van der Waals surface area contributed by atoms with Crippen molar-refractivity contribution < 1.29 is 4.74 Å². The van der Waals surface area contributed by atoms with Crippen LogP contribution >= 0.6 is 0 Å². The van der Waals surface area contributed by atoms with Gasteiger partial charge in [0.05, 0.1) is 12.2 Å². The Hall–Kier alpha value is -0.0400. The van der Waals surface area contributed by atoms with Crippen LogP contribution in [-0.4, -0.2) is 12.2 Å². The summed E-state index contributed by atoms with van der Waals surface area (Å²) < 4.78 is 5.83. The van der Waals surface area contributed by atoms with Gasteiger partial charge >= 0.3 is 0 Å².